The Kier molecular flexibility index (Phi) is 3.60. The van der Waals surface area contributed by atoms with Crippen LogP contribution in [-0.4, -0.2) is 0 Å². The predicted molar refractivity (Wildman–Crippen MR) is 75.7 cm³/mol. The quantitative estimate of drug-likeness (QED) is 0.776. The Morgan fingerprint density at radius 1 is 1.06 bits per heavy atom. The fraction of sp³-hybridized carbons (Fsp3) is 0.143. The molecule has 2 aromatic rings. The molecule has 3 heteroatoms. The average Bonchev–Trinajstić information content (AvgIpc) is 2.30. The van der Waals surface area contributed by atoms with E-state index in [0.717, 1.165) is 28.8 Å². The van der Waals surface area contributed by atoms with Gasteiger partial charge in [0.05, 0.1) is 0 Å². The Morgan fingerprint density at radius 3 is 2.47 bits per heavy atom. The van der Waals surface area contributed by atoms with E-state index in [9.17, 15) is 0 Å². The minimum Gasteiger partial charge on any atom is -0.399 e. The minimum absolute atomic E-state index is 0.643. The molecule has 2 N–H and O–H groups in total. The van der Waals surface area contributed by atoms with Crippen LogP contribution >= 0.6 is 23.2 Å². The van der Waals surface area contributed by atoms with Crippen LogP contribution in [0.4, 0.5) is 5.69 Å². The van der Waals surface area contributed by atoms with E-state index < -0.39 is 0 Å². The second-order valence-electron chi connectivity index (χ2n) is 3.89. The molecule has 88 valence electrons. The summed E-state index contributed by atoms with van der Waals surface area (Å²) < 4.78 is 0. The Hall–Kier alpha value is -1.18. The zero-order chi connectivity index (χ0) is 12.4. The van der Waals surface area contributed by atoms with Crippen LogP contribution in [0, 0.1) is 0 Å². The van der Waals surface area contributed by atoms with Crippen LogP contribution in [0.15, 0.2) is 36.4 Å². The second kappa shape index (κ2) is 4.99. The first kappa shape index (κ1) is 12.3. The molecule has 0 heterocycles. The SMILES string of the molecule is CCc1cc(-c2ccc(Cl)cc2Cl)ccc1N. The second-order valence-corrected chi connectivity index (χ2v) is 4.73. The van der Waals surface area contributed by atoms with Crippen molar-refractivity contribution in [2.24, 2.45) is 0 Å². The number of nitrogens with two attached hydrogens (primary N) is 1. The van der Waals surface area contributed by atoms with Gasteiger partial charge >= 0.3 is 0 Å². The third-order valence-corrected chi connectivity index (χ3v) is 3.31. The largest absolute Gasteiger partial charge is 0.399 e. The van der Waals surface area contributed by atoms with Crippen LogP contribution in [0.2, 0.25) is 10.0 Å². The fourth-order valence-electron chi connectivity index (χ4n) is 1.80. The topological polar surface area (TPSA) is 26.0 Å². The van der Waals surface area contributed by atoms with Crippen molar-refractivity contribution in [3.05, 3.63) is 52.0 Å². The van der Waals surface area contributed by atoms with Crippen molar-refractivity contribution in [1.29, 1.82) is 0 Å². The monoisotopic (exact) mass is 265 g/mol. The molecule has 2 rings (SSSR count). The summed E-state index contributed by atoms with van der Waals surface area (Å²) >= 11 is 12.1. The van der Waals surface area contributed by atoms with Crippen LogP contribution in [0.1, 0.15) is 12.5 Å². The number of halogens is 2. The third-order valence-electron chi connectivity index (χ3n) is 2.77. The number of hydrogen-bond donors (Lipinski definition) is 1. The average molecular weight is 266 g/mol. The fourth-order valence-corrected chi connectivity index (χ4v) is 2.32. The molecule has 0 amide bonds. The summed E-state index contributed by atoms with van der Waals surface area (Å²) in [6, 6.07) is 11.5. The third kappa shape index (κ3) is 2.56. The van der Waals surface area contributed by atoms with Crippen LogP contribution in [-0.2, 0) is 6.42 Å². The van der Waals surface area contributed by atoms with Gasteiger partial charge in [0.1, 0.15) is 0 Å². The van der Waals surface area contributed by atoms with Crippen LogP contribution in [0.3, 0.4) is 0 Å². The van der Waals surface area contributed by atoms with E-state index in [0.29, 0.717) is 10.0 Å². The van der Waals surface area contributed by atoms with Crippen molar-refractivity contribution in [2.75, 3.05) is 5.73 Å². The molecule has 2 aromatic carbocycles. The summed E-state index contributed by atoms with van der Waals surface area (Å²) in [5.41, 5.74) is 9.88. The molecule has 0 bridgehead atoms. The summed E-state index contributed by atoms with van der Waals surface area (Å²) in [5, 5.41) is 1.30. The van der Waals surface area contributed by atoms with Crippen molar-refractivity contribution < 1.29 is 0 Å². The maximum Gasteiger partial charge on any atom is 0.0499 e. The normalized spacial score (nSPS) is 10.5. The summed E-state index contributed by atoms with van der Waals surface area (Å²) in [6.07, 6.45) is 0.908. The van der Waals surface area contributed by atoms with Crippen molar-refractivity contribution in [3.8, 4) is 11.1 Å². The van der Waals surface area contributed by atoms with Gasteiger partial charge < -0.3 is 5.73 Å². The van der Waals surface area contributed by atoms with E-state index in [1.807, 2.05) is 24.3 Å². The zero-order valence-corrected chi connectivity index (χ0v) is 11.0. The Bertz CT molecular complexity index is 550. The summed E-state index contributed by atoms with van der Waals surface area (Å²) in [5.74, 6) is 0. The first-order valence-electron chi connectivity index (χ1n) is 5.45. The maximum atomic E-state index is 6.18. The Morgan fingerprint density at radius 2 is 1.82 bits per heavy atom. The van der Waals surface area contributed by atoms with Crippen LogP contribution in [0.25, 0.3) is 11.1 Å². The number of rotatable bonds is 2. The molecule has 0 aliphatic carbocycles. The van der Waals surface area contributed by atoms with Crippen molar-refractivity contribution >= 4 is 28.9 Å². The molecule has 0 spiro atoms. The summed E-state index contributed by atoms with van der Waals surface area (Å²) in [6.45, 7) is 2.08. The van der Waals surface area contributed by atoms with Gasteiger partial charge in [0.25, 0.3) is 0 Å². The molecule has 0 aromatic heterocycles. The molecular formula is C14H13Cl2N. The Balaban J connectivity index is 2.53. The highest BCUT2D eigenvalue weighted by molar-refractivity contribution is 6.36. The highest BCUT2D eigenvalue weighted by Gasteiger charge is 2.06. The van der Waals surface area contributed by atoms with Gasteiger partial charge in [-0.25, -0.2) is 0 Å². The van der Waals surface area contributed by atoms with Gasteiger partial charge in [0, 0.05) is 21.3 Å². The lowest BCUT2D eigenvalue weighted by molar-refractivity contribution is 1.15. The van der Waals surface area contributed by atoms with Crippen molar-refractivity contribution in [2.45, 2.75) is 13.3 Å². The summed E-state index contributed by atoms with van der Waals surface area (Å²) in [7, 11) is 0. The Labute approximate surface area is 111 Å². The first-order valence-corrected chi connectivity index (χ1v) is 6.21. The lowest BCUT2D eigenvalue weighted by Gasteiger charge is -2.09. The first-order chi connectivity index (χ1) is 8.11. The van der Waals surface area contributed by atoms with E-state index in [1.54, 1.807) is 6.07 Å². The van der Waals surface area contributed by atoms with E-state index >= 15 is 0 Å². The van der Waals surface area contributed by atoms with Gasteiger partial charge in [-0.05, 0) is 41.8 Å². The molecule has 0 saturated carbocycles. The molecule has 0 fully saturated rings. The number of nitrogen functional groups attached to an aromatic ring is 1. The molecule has 17 heavy (non-hydrogen) atoms. The molecule has 0 unspecified atom stereocenters. The van der Waals surface area contributed by atoms with Gasteiger partial charge in [-0.2, -0.15) is 0 Å². The molecule has 0 saturated heterocycles. The zero-order valence-electron chi connectivity index (χ0n) is 9.50. The standard InChI is InChI=1S/C14H13Cl2N/c1-2-9-7-10(3-6-14(9)17)12-5-4-11(15)8-13(12)16/h3-8H,2,17H2,1H3. The lowest BCUT2D eigenvalue weighted by atomic mass is 10.0. The van der Waals surface area contributed by atoms with Gasteiger partial charge in [0.2, 0.25) is 0 Å². The molecular weight excluding hydrogens is 253 g/mol. The maximum absolute atomic E-state index is 6.18. The van der Waals surface area contributed by atoms with E-state index in [2.05, 4.69) is 13.0 Å². The molecule has 0 aliphatic rings. The highest BCUT2D eigenvalue weighted by atomic mass is 35.5. The van der Waals surface area contributed by atoms with E-state index in [-0.39, 0.29) is 0 Å². The van der Waals surface area contributed by atoms with Crippen molar-refractivity contribution in [1.82, 2.24) is 0 Å². The number of hydrogen-bond acceptors (Lipinski definition) is 1. The van der Waals surface area contributed by atoms with E-state index in [1.165, 1.54) is 0 Å². The molecule has 0 atom stereocenters. The van der Waals surface area contributed by atoms with Crippen LogP contribution in [0.5, 0.6) is 0 Å². The lowest BCUT2D eigenvalue weighted by Crippen LogP contribution is -1.93. The van der Waals surface area contributed by atoms with Crippen LogP contribution < -0.4 is 5.73 Å². The predicted octanol–water partition coefficient (Wildman–Crippen LogP) is 4.81. The molecule has 0 radical (unpaired) electrons. The van der Waals surface area contributed by atoms with Gasteiger partial charge in [0.15, 0.2) is 0 Å². The number of benzene rings is 2. The molecule has 0 aliphatic heterocycles. The summed E-state index contributed by atoms with van der Waals surface area (Å²) in [4.78, 5) is 0. The van der Waals surface area contributed by atoms with Gasteiger partial charge in [-0.3, -0.25) is 0 Å². The minimum atomic E-state index is 0.643. The smallest absolute Gasteiger partial charge is 0.0499 e. The van der Waals surface area contributed by atoms with Gasteiger partial charge in [-0.1, -0.05) is 42.3 Å². The van der Waals surface area contributed by atoms with Gasteiger partial charge in [-0.15, -0.1) is 0 Å². The van der Waals surface area contributed by atoms with Crippen molar-refractivity contribution in [3.63, 3.8) is 0 Å². The molecule has 1 nitrogen and oxygen atoms in total. The number of aryl methyl sites for hydroxylation is 1. The highest BCUT2D eigenvalue weighted by Crippen LogP contribution is 2.32. The van der Waals surface area contributed by atoms with E-state index in [4.69, 9.17) is 28.9 Å². The number of anilines is 1.